The number of benzene rings is 2. The SMILES string of the molecule is CC(c1ccccc1)n1c(C(=O)N2CCc3ccccc3C2)cc2ccsc21. The Morgan fingerprint density at radius 1 is 1.00 bits per heavy atom. The Labute approximate surface area is 168 Å². The molecule has 1 aliphatic heterocycles. The third-order valence-corrected chi connectivity index (χ3v) is 6.68. The lowest BCUT2D eigenvalue weighted by Crippen LogP contribution is -2.37. The van der Waals surface area contributed by atoms with Crippen molar-refractivity contribution in [3.05, 3.63) is 94.5 Å². The Morgan fingerprint density at radius 2 is 1.75 bits per heavy atom. The van der Waals surface area contributed by atoms with Crippen LogP contribution in [0, 0.1) is 0 Å². The highest BCUT2D eigenvalue weighted by Crippen LogP contribution is 2.33. The van der Waals surface area contributed by atoms with Crippen molar-refractivity contribution in [3.8, 4) is 0 Å². The predicted molar refractivity (Wildman–Crippen MR) is 115 cm³/mol. The van der Waals surface area contributed by atoms with Gasteiger partial charge in [-0.2, -0.15) is 0 Å². The maximum Gasteiger partial charge on any atom is 0.270 e. The van der Waals surface area contributed by atoms with Crippen molar-refractivity contribution in [1.29, 1.82) is 0 Å². The summed E-state index contributed by atoms with van der Waals surface area (Å²) in [5, 5.41) is 3.25. The first kappa shape index (κ1) is 17.3. The zero-order valence-electron chi connectivity index (χ0n) is 15.8. The number of thiophene rings is 1. The average molecular weight is 387 g/mol. The first-order valence-electron chi connectivity index (χ1n) is 9.72. The summed E-state index contributed by atoms with van der Waals surface area (Å²) in [6, 6.07) is 23.1. The summed E-state index contributed by atoms with van der Waals surface area (Å²) in [6.45, 7) is 3.64. The number of fused-ring (bicyclic) bond motifs is 2. The molecule has 2 aromatic carbocycles. The Balaban J connectivity index is 1.54. The second-order valence-corrected chi connectivity index (χ2v) is 8.31. The molecule has 5 rings (SSSR count). The molecule has 1 amide bonds. The minimum absolute atomic E-state index is 0.105. The zero-order chi connectivity index (χ0) is 19.1. The van der Waals surface area contributed by atoms with Gasteiger partial charge in [0.2, 0.25) is 0 Å². The van der Waals surface area contributed by atoms with Gasteiger partial charge < -0.3 is 9.47 Å². The third-order valence-electron chi connectivity index (χ3n) is 5.75. The lowest BCUT2D eigenvalue weighted by Gasteiger charge is -2.30. The van der Waals surface area contributed by atoms with E-state index in [0.717, 1.165) is 28.9 Å². The largest absolute Gasteiger partial charge is 0.333 e. The molecule has 4 aromatic rings. The van der Waals surface area contributed by atoms with Gasteiger partial charge in [0.05, 0.1) is 6.04 Å². The molecule has 0 fully saturated rings. The molecule has 140 valence electrons. The molecule has 1 unspecified atom stereocenters. The molecule has 0 aliphatic carbocycles. The van der Waals surface area contributed by atoms with Gasteiger partial charge in [-0.15, -0.1) is 11.3 Å². The molecule has 0 saturated heterocycles. The topological polar surface area (TPSA) is 25.2 Å². The van der Waals surface area contributed by atoms with Crippen LogP contribution in [0.4, 0.5) is 0 Å². The molecule has 1 atom stereocenters. The van der Waals surface area contributed by atoms with Gasteiger partial charge in [0.25, 0.3) is 5.91 Å². The van der Waals surface area contributed by atoms with Crippen LogP contribution in [0.25, 0.3) is 10.2 Å². The molecule has 4 heteroatoms. The number of carbonyl (C=O) groups is 1. The number of carbonyl (C=O) groups excluding carboxylic acids is 1. The fourth-order valence-corrected chi connectivity index (χ4v) is 5.18. The summed E-state index contributed by atoms with van der Waals surface area (Å²) in [6.07, 6.45) is 0.922. The van der Waals surface area contributed by atoms with Crippen LogP contribution < -0.4 is 0 Å². The van der Waals surface area contributed by atoms with E-state index in [-0.39, 0.29) is 11.9 Å². The zero-order valence-corrected chi connectivity index (χ0v) is 16.7. The van der Waals surface area contributed by atoms with E-state index in [9.17, 15) is 4.79 Å². The van der Waals surface area contributed by atoms with Crippen LogP contribution in [0.2, 0.25) is 0 Å². The Kier molecular flexibility index (Phi) is 4.29. The minimum atomic E-state index is 0.105. The number of aromatic nitrogens is 1. The van der Waals surface area contributed by atoms with E-state index in [1.165, 1.54) is 16.7 Å². The van der Waals surface area contributed by atoms with E-state index in [4.69, 9.17) is 0 Å². The average Bonchev–Trinajstić information content (AvgIpc) is 3.34. The van der Waals surface area contributed by atoms with E-state index >= 15 is 0 Å². The normalized spacial score (nSPS) is 14.8. The first-order valence-corrected chi connectivity index (χ1v) is 10.6. The van der Waals surface area contributed by atoms with Gasteiger partial charge >= 0.3 is 0 Å². The van der Waals surface area contributed by atoms with Crippen molar-refractivity contribution in [1.82, 2.24) is 9.47 Å². The summed E-state index contributed by atoms with van der Waals surface area (Å²) < 4.78 is 2.22. The molecule has 0 bridgehead atoms. The highest BCUT2D eigenvalue weighted by Gasteiger charge is 2.27. The van der Waals surface area contributed by atoms with Crippen LogP contribution in [0.3, 0.4) is 0 Å². The molecule has 2 aromatic heterocycles. The monoisotopic (exact) mass is 386 g/mol. The van der Waals surface area contributed by atoms with Crippen molar-refractivity contribution in [2.45, 2.75) is 25.9 Å². The summed E-state index contributed by atoms with van der Waals surface area (Å²) in [4.78, 5) is 16.7. The van der Waals surface area contributed by atoms with Crippen LogP contribution >= 0.6 is 11.3 Å². The maximum atomic E-state index is 13.5. The van der Waals surface area contributed by atoms with Gasteiger partial charge in [0.1, 0.15) is 10.5 Å². The van der Waals surface area contributed by atoms with Gasteiger partial charge in [-0.05, 0) is 47.5 Å². The van der Waals surface area contributed by atoms with E-state index in [0.29, 0.717) is 6.54 Å². The Hall–Kier alpha value is -2.85. The second kappa shape index (κ2) is 6.95. The fraction of sp³-hybridized carbons (Fsp3) is 0.208. The highest BCUT2D eigenvalue weighted by molar-refractivity contribution is 7.16. The lowest BCUT2D eigenvalue weighted by atomic mass is 9.99. The van der Waals surface area contributed by atoms with E-state index in [2.05, 4.69) is 77.5 Å². The van der Waals surface area contributed by atoms with Gasteiger partial charge in [-0.25, -0.2) is 0 Å². The van der Waals surface area contributed by atoms with Crippen molar-refractivity contribution >= 4 is 27.5 Å². The smallest absolute Gasteiger partial charge is 0.270 e. The van der Waals surface area contributed by atoms with E-state index in [1.54, 1.807) is 11.3 Å². The number of nitrogens with zero attached hydrogens (tertiary/aromatic N) is 2. The molecule has 1 aliphatic rings. The van der Waals surface area contributed by atoms with Gasteiger partial charge in [0, 0.05) is 18.5 Å². The molecule has 0 spiro atoms. The van der Waals surface area contributed by atoms with E-state index < -0.39 is 0 Å². The first-order chi connectivity index (χ1) is 13.7. The fourth-order valence-electron chi connectivity index (χ4n) is 4.20. The summed E-state index contributed by atoms with van der Waals surface area (Å²) in [7, 11) is 0. The maximum absolute atomic E-state index is 13.5. The van der Waals surface area contributed by atoms with Gasteiger partial charge in [-0.3, -0.25) is 4.79 Å². The molecule has 0 N–H and O–H groups in total. The van der Waals surface area contributed by atoms with Crippen LogP contribution in [-0.2, 0) is 13.0 Å². The van der Waals surface area contributed by atoms with Crippen LogP contribution in [0.15, 0.2) is 72.1 Å². The summed E-state index contributed by atoms with van der Waals surface area (Å²) in [5.74, 6) is 0.126. The van der Waals surface area contributed by atoms with Crippen molar-refractivity contribution in [3.63, 3.8) is 0 Å². The van der Waals surface area contributed by atoms with Crippen molar-refractivity contribution in [2.75, 3.05) is 6.54 Å². The summed E-state index contributed by atoms with van der Waals surface area (Å²) >= 11 is 1.70. The molecule has 28 heavy (non-hydrogen) atoms. The molecule has 0 saturated carbocycles. The number of rotatable bonds is 3. The molecular weight excluding hydrogens is 364 g/mol. The van der Waals surface area contributed by atoms with Gasteiger partial charge in [0.15, 0.2) is 0 Å². The quantitative estimate of drug-likeness (QED) is 0.456. The number of hydrogen-bond acceptors (Lipinski definition) is 2. The number of hydrogen-bond donors (Lipinski definition) is 0. The van der Waals surface area contributed by atoms with Crippen LogP contribution in [-0.4, -0.2) is 21.9 Å². The third kappa shape index (κ3) is 2.85. The van der Waals surface area contributed by atoms with Gasteiger partial charge in [-0.1, -0.05) is 54.6 Å². The van der Waals surface area contributed by atoms with Crippen molar-refractivity contribution in [2.24, 2.45) is 0 Å². The molecule has 0 radical (unpaired) electrons. The highest BCUT2D eigenvalue weighted by atomic mass is 32.1. The molecule has 3 heterocycles. The Bertz CT molecular complexity index is 1140. The second-order valence-electron chi connectivity index (χ2n) is 7.41. The standard InChI is InChI=1S/C24H22N2OS/c1-17(18-7-3-2-4-8-18)26-22(15-20-12-14-28-24(20)26)23(27)25-13-11-19-9-5-6-10-21(19)16-25/h2-10,12,14-15,17H,11,13,16H2,1H3. The van der Waals surface area contributed by atoms with Crippen LogP contribution in [0.5, 0.6) is 0 Å². The van der Waals surface area contributed by atoms with E-state index in [1.807, 2.05) is 11.0 Å². The minimum Gasteiger partial charge on any atom is -0.333 e. The predicted octanol–water partition coefficient (Wildman–Crippen LogP) is 5.51. The molecular formula is C24H22N2OS. The number of amides is 1. The summed E-state index contributed by atoms with van der Waals surface area (Å²) in [5.41, 5.74) is 4.63. The van der Waals surface area contributed by atoms with Crippen molar-refractivity contribution < 1.29 is 4.79 Å². The van der Waals surface area contributed by atoms with Crippen LogP contribution in [0.1, 0.15) is 40.1 Å². The lowest BCUT2D eigenvalue weighted by molar-refractivity contribution is 0.0723. The molecule has 3 nitrogen and oxygen atoms in total. The Morgan fingerprint density at radius 3 is 2.57 bits per heavy atom.